The number of rotatable bonds is 5. The predicted molar refractivity (Wildman–Crippen MR) is 69.9 cm³/mol. The number of ether oxygens (including phenoxy) is 1. The highest BCUT2D eigenvalue weighted by molar-refractivity contribution is 7.51. The lowest BCUT2D eigenvalue weighted by atomic mass is 10.1. The standard InChI is InChI=1S/C10H16N3O8P/c11-8(16)5-9(17)13(3-12-5)10-7(15)6(14)4(21-10)1-2-22(18,19)20/h3-4,6-7,10,14-15,17H,1-2H2,(H2,11,16)(H2,18,19,20)/t4-,6-,7-,10-/m1/s1. The molecule has 1 aliphatic heterocycles. The van der Waals surface area contributed by atoms with Crippen molar-refractivity contribution in [1.82, 2.24) is 9.55 Å². The molecule has 0 spiro atoms. The van der Waals surface area contributed by atoms with Crippen LogP contribution in [0.15, 0.2) is 6.33 Å². The Hall–Kier alpha value is -1.49. The highest BCUT2D eigenvalue weighted by atomic mass is 31.2. The van der Waals surface area contributed by atoms with Crippen LogP contribution in [-0.4, -0.2) is 65.0 Å². The molecule has 1 saturated heterocycles. The van der Waals surface area contributed by atoms with Crippen LogP contribution in [0.3, 0.4) is 0 Å². The fourth-order valence-corrected chi connectivity index (χ4v) is 2.80. The average Bonchev–Trinajstić information content (AvgIpc) is 2.90. The molecule has 0 aromatic carbocycles. The number of aliphatic hydroxyl groups is 2. The molecule has 1 aromatic rings. The number of primary amides is 1. The summed E-state index contributed by atoms with van der Waals surface area (Å²) in [5, 5.41) is 29.6. The molecule has 0 saturated carbocycles. The number of aromatic nitrogens is 2. The van der Waals surface area contributed by atoms with E-state index in [9.17, 15) is 24.7 Å². The third kappa shape index (κ3) is 3.29. The second-order valence-electron chi connectivity index (χ2n) is 4.91. The van der Waals surface area contributed by atoms with Gasteiger partial charge in [-0.1, -0.05) is 0 Å². The van der Waals surface area contributed by atoms with Crippen molar-refractivity contribution in [3.05, 3.63) is 12.0 Å². The van der Waals surface area contributed by atoms with Crippen molar-refractivity contribution in [1.29, 1.82) is 0 Å². The lowest BCUT2D eigenvalue weighted by molar-refractivity contribution is -0.0410. The predicted octanol–water partition coefficient (Wildman–Crippen LogP) is -2.13. The van der Waals surface area contributed by atoms with Crippen LogP contribution in [0.2, 0.25) is 0 Å². The Morgan fingerprint density at radius 2 is 2.05 bits per heavy atom. The van der Waals surface area contributed by atoms with Crippen molar-refractivity contribution in [3.8, 4) is 5.88 Å². The molecule has 0 radical (unpaired) electrons. The molecule has 22 heavy (non-hydrogen) atoms. The summed E-state index contributed by atoms with van der Waals surface area (Å²) in [6.07, 6.45) is -4.95. The number of imidazole rings is 1. The molecular formula is C10H16N3O8P. The SMILES string of the molecule is NC(=O)c1ncn([C@@H]2O[C@H](CCP(=O)(O)O)[C@@H](O)[C@H]2O)c1O. The number of amides is 1. The van der Waals surface area contributed by atoms with Gasteiger partial charge in [0.1, 0.15) is 18.5 Å². The zero-order chi connectivity index (χ0) is 16.7. The van der Waals surface area contributed by atoms with Crippen LogP contribution in [0.5, 0.6) is 5.88 Å². The van der Waals surface area contributed by atoms with Gasteiger partial charge in [-0.05, 0) is 6.42 Å². The highest BCUT2D eigenvalue weighted by Crippen LogP contribution is 2.39. The van der Waals surface area contributed by atoms with Crippen LogP contribution in [0.25, 0.3) is 0 Å². The lowest BCUT2D eigenvalue weighted by Gasteiger charge is -2.16. The van der Waals surface area contributed by atoms with E-state index in [-0.39, 0.29) is 6.42 Å². The molecule has 0 bridgehead atoms. The molecule has 2 heterocycles. The molecule has 11 nitrogen and oxygen atoms in total. The number of aromatic hydroxyl groups is 1. The molecule has 0 unspecified atom stereocenters. The van der Waals surface area contributed by atoms with Gasteiger partial charge >= 0.3 is 7.60 Å². The normalized spacial score (nSPS) is 28.9. The van der Waals surface area contributed by atoms with E-state index in [0.717, 1.165) is 10.9 Å². The van der Waals surface area contributed by atoms with Gasteiger partial charge in [0.2, 0.25) is 5.88 Å². The highest BCUT2D eigenvalue weighted by Gasteiger charge is 2.45. The first-order valence-corrected chi connectivity index (χ1v) is 8.03. The minimum atomic E-state index is -4.28. The van der Waals surface area contributed by atoms with Gasteiger partial charge in [-0.15, -0.1) is 0 Å². The van der Waals surface area contributed by atoms with Crippen LogP contribution in [0, 0.1) is 0 Å². The second-order valence-corrected chi connectivity index (χ2v) is 6.69. The topological polar surface area (TPSA) is 188 Å². The van der Waals surface area contributed by atoms with Gasteiger partial charge in [-0.25, -0.2) is 4.98 Å². The van der Waals surface area contributed by atoms with Crippen molar-refractivity contribution in [2.45, 2.75) is 31.0 Å². The molecule has 1 fully saturated rings. The summed E-state index contributed by atoms with van der Waals surface area (Å²) >= 11 is 0. The molecular weight excluding hydrogens is 321 g/mol. The maximum Gasteiger partial charge on any atom is 0.325 e. The van der Waals surface area contributed by atoms with Gasteiger partial charge < -0.3 is 35.6 Å². The van der Waals surface area contributed by atoms with Gasteiger partial charge in [0, 0.05) is 0 Å². The van der Waals surface area contributed by atoms with E-state index in [1.807, 2.05) is 0 Å². The fourth-order valence-electron chi connectivity index (χ4n) is 2.21. The van der Waals surface area contributed by atoms with E-state index in [1.165, 1.54) is 0 Å². The zero-order valence-electron chi connectivity index (χ0n) is 11.2. The van der Waals surface area contributed by atoms with E-state index in [1.54, 1.807) is 0 Å². The summed E-state index contributed by atoms with van der Waals surface area (Å²) in [5.41, 5.74) is 4.57. The molecule has 2 rings (SSSR count). The summed E-state index contributed by atoms with van der Waals surface area (Å²) in [6.45, 7) is 0. The maximum atomic E-state index is 11.0. The van der Waals surface area contributed by atoms with E-state index in [0.29, 0.717) is 0 Å². The summed E-state index contributed by atoms with van der Waals surface area (Å²) in [6, 6.07) is 0. The smallest absolute Gasteiger partial charge is 0.325 e. The number of nitrogens with two attached hydrogens (primary N) is 1. The van der Waals surface area contributed by atoms with Crippen molar-refractivity contribution < 1.29 is 39.2 Å². The van der Waals surface area contributed by atoms with Crippen molar-refractivity contribution >= 4 is 13.5 Å². The fraction of sp³-hybridized carbons (Fsp3) is 0.600. The largest absolute Gasteiger partial charge is 0.493 e. The molecule has 7 N–H and O–H groups in total. The Labute approximate surface area is 124 Å². The number of aliphatic hydroxyl groups excluding tert-OH is 2. The van der Waals surface area contributed by atoms with E-state index in [4.69, 9.17) is 20.3 Å². The first-order valence-electron chi connectivity index (χ1n) is 6.23. The molecule has 4 atom stereocenters. The van der Waals surface area contributed by atoms with Crippen molar-refractivity contribution in [2.75, 3.05) is 6.16 Å². The van der Waals surface area contributed by atoms with E-state index < -0.39 is 55.8 Å². The average molecular weight is 337 g/mol. The van der Waals surface area contributed by atoms with Crippen molar-refractivity contribution in [2.24, 2.45) is 5.73 Å². The van der Waals surface area contributed by atoms with Crippen LogP contribution in [0.4, 0.5) is 0 Å². The van der Waals surface area contributed by atoms with Crippen LogP contribution < -0.4 is 5.73 Å². The maximum absolute atomic E-state index is 11.0. The lowest BCUT2D eigenvalue weighted by Crippen LogP contribution is -2.31. The molecule has 1 aliphatic rings. The Bertz CT molecular complexity index is 613. The zero-order valence-corrected chi connectivity index (χ0v) is 12.1. The number of carbonyl (C=O) groups excluding carboxylic acids is 1. The second kappa shape index (κ2) is 5.95. The van der Waals surface area contributed by atoms with E-state index >= 15 is 0 Å². The number of nitrogens with zero attached hydrogens (tertiary/aromatic N) is 2. The summed E-state index contributed by atoms with van der Waals surface area (Å²) in [7, 11) is -4.28. The van der Waals surface area contributed by atoms with Crippen LogP contribution >= 0.6 is 7.60 Å². The summed E-state index contributed by atoms with van der Waals surface area (Å²) < 4.78 is 17.1. The van der Waals surface area contributed by atoms with Crippen molar-refractivity contribution in [3.63, 3.8) is 0 Å². The van der Waals surface area contributed by atoms with Gasteiger partial charge in [-0.3, -0.25) is 13.9 Å². The first-order chi connectivity index (χ1) is 10.1. The number of hydrogen-bond acceptors (Lipinski definition) is 7. The third-order valence-corrected chi connectivity index (χ3v) is 4.16. The van der Waals surface area contributed by atoms with Crippen LogP contribution in [-0.2, 0) is 9.30 Å². The molecule has 1 amide bonds. The van der Waals surface area contributed by atoms with Gasteiger partial charge in [0.05, 0.1) is 12.3 Å². The van der Waals surface area contributed by atoms with Gasteiger partial charge in [0.15, 0.2) is 11.9 Å². The quantitative estimate of drug-likeness (QED) is 0.326. The van der Waals surface area contributed by atoms with E-state index in [2.05, 4.69) is 4.98 Å². The molecule has 0 aliphatic carbocycles. The minimum Gasteiger partial charge on any atom is -0.493 e. The Morgan fingerprint density at radius 1 is 1.41 bits per heavy atom. The number of carbonyl (C=O) groups is 1. The summed E-state index contributed by atoms with van der Waals surface area (Å²) in [5.74, 6) is -1.62. The third-order valence-electron chi connectivity index (χ3n) is 3.32. The number of hydrogen-bond donors (Lipinski definition) is 6. The molecule has 124 valence electrons. The molecule has 1 aromatic heterocycles. The van der Waals surface area contributed by atoms with Gasteiger partial charge in [0.25, 0.3) is 5.91 Å². The monoisotopic (exact) mass is 337 g/mol. The Morgan fingerprint density at radius 3 is 2.55 bits per heavy atom. The van der Waals surface area contributed by atoms with Gasteiger partial charge in [-0.2, -0.15) is 0 Å². The first kappa shape index (κ1) is 16.9. The Balaban J connectivity index is 2.16. The molecule has 12 heteroatoms. The Kier molecular flexibility index (Phi) is 4.57. The summed E-state index contributed by atoms with van der Waals surface area (Å²) in [4.78, 5) is 32.2. The minimum absolute atomic E-state index is 0.197. The van der Waals surface area contributed by atoms with Crippen LogP contribution in [0.1, 0.15) is 23.1 Å².